The summed E-state index contributed by atoms with van der Waals surface area (Å²) in [5.74, 6) is -1.77. The van der Waals surface area contributed by atoms with Crippen LogP contribution in [0.25, 0.3) is 0 Å². The third kappa shape index (κ3) is 2.86. The molecule has 0 aliphatic heterocycles. The average Bonchev–Trinajstić information content (AvgIpc) is 1.87. The van der Waals surface area contributed by atoms with E-state index in [1.54, 1.807) is 0 Å². The van der Waals surface area contributed by atoms with Gasteiger partial charge in [0.05, 0.1) is 7.11 Å². The molecule has 0 radical (unpaired) electrons. The second-order valence-corrected chi connectivity index (χ2v) is 1.66. The first-order valence-corrected chi connectivity index (χ1v) is 2.57. The van der Waals surface area contributed by atoms with E-state index in [4.69, 9.17) is 5.11 Å². The van der Waals surface area contributed by atoms with Crippen LogP contribution in [0.1, 0.15) is 6.92 Å². The molecule has 0 spiro atoms. The van der Waals surface area contributed by atoms with Gasteiger partial charge in [-0.1, -0.05) is 0 Å². The Morgan fingerprint density at radius 3 is 2.30 bits per heavy atom. The fourth-order valence-electron chi connectivity index (χ4n) is 0.297. The van der Waals surface area contributed by atoms with Crippen molar-refractivity contribution in [1.82, 2.24) is 0 Å². The van der Waals surface area contributed by atoms with Crippen LogP contribution < -0.4 is 0 Å². The van der Waals surface area contributed by atoms with Crippen LogP contribution in [0.5, 0.6) is 0 Å². The minimum absolute atomic E-state index is 0.0353. The summed E-state index contributed by atoms with van der Waals surface area (Å²) in [5, 5.41) is 8.25. The lowest BCUT2D eigenvalue weighted by Crippen LogP contribution is -2.02. The van der Waals surface area contributed by atoms with E-state index in [1.165, 1.54) is 14.0 Å². The van der Waals surface area contributed by atoms with Gasteiger partial charge in [-0.15, -0.1) is 0 Å². The highest BCUT2D eigenvalue weighted by Crippen LogP contribution is 1.91. The van der Waals surface area contributed by atoms with Crippen LogP contribution in [0, 0.1) is 0 Å². The van der Waals surface area contributed by atoms with E-state index in [0.717, 1.165) is 6.08 Å². The smallest absolute Gasteiger partial charge is 0.331 e. The SMILES string of the molecule is COC(=O)/C=C(\C)C(=O)O. The van der Waals surface area contributed by atoms with E-state index in [-0.39, 0.29) is 5.57 Å². The second-order valence-electron chi connectivity index (χ2n) is 1.66. The summed E-state index contributed by atoms with van der Waals surface area (Å²) in [5.41, 5.74) is -0.0353. The highest BCUT2D eigenvalue weighted by molar-refractivity contribution is 5.94. The minimum atomic E-state index is -1.12. The van der Waals surface area contributed by atoms with Crippen molar-refractivity contribution < 1.29 is 19.4 Å². The van der Waals surface area contributed by atoms with Gasteiger partial charge >= 0.3 is 11.9 Å². The van der Waals surface area contributed by atoms with Gasteiger partial charge in [0.1, 0.15) is 0 Å². The Morgan fingerprint density at radius 2 is 2.00 bits per heavy atom. The Labute approximate surface area is 58.1 Å². The lowest BCUT2D eigenvalue weighted by Gasteiger charge is -1.91. The van der Waals surface area contributed by atoms with E-state index in [2.05, 4.69) is 4.74 Å². The zero-order chi connectivity index (χ0) is 8.15. The molecule has 0 aromatic heterocycles. The summed E-state index contributed by atoms with van der Waals surface area (Å²) >= 11 is 0. The number of carboxylic acid groups (broad SMARTS) is 1. The predicted molar refractivity (Wildman–Crippen MR) is 33.4 cm³/mol. The molecule has 0 atom stereocenters. The summed E-state index contributed by atoms with van der Waals surface area (Å²) in [4.78, 5) is 20.4. The quantitative estimate of drug-likeness (QED) is 0.444. The first-order chi connectivity index (χ1) is 4.57. The van der Waals surface area contributed by atoms with Crippen molar-refractivity contribution in [1.29, 1.82) is 0 Å². The number of rotatable bonds is 2. The normalized spacial score (nSPS) is 10.8. The zero-order valence-corrected chi connectivity index (χ0v) is 5.75. The lowest BCUT2D eigenvalue weighted by atomic mass is 10.3. The number of hydrogen-bond donors (Lipinski definition) is 1. The number of hydrogen-bond acceptors (Lipinski definition) is 3. The molecule has 0 unspecified atom stereocenters. The first-order valence-electron chi connectivity index (χ1n) is 2.57. The summed E-state index contributed by atoms with van der Waals surface area (Å²) in [6, 6.07) is 0. The number of methoxy groups -OCH3 is 1. The molecule has 0 aromatic rings. The maximum Gasteiger partial charge on any atom is 0.331 e. The van der Waals surface area contributed by atoms with Crippen LogP contribution in [0.2, 0.25) is 0 Å². The highest BCUT2D eigenvalue weighted by atomic mass is 16.5. The van der Waals surface area contributed by atoms with Crippen molar-refractivity contribution in [3.63, 3.8) is 0 Å². The lowest BCUT2D eigenvalue weighted by molar-refractivity contribution is -0.136. The molecule has 0 heterocycles. The molecule has 0 amide bonds. The molecule has 0 aliphatic rings. The minimum Gasteiger partial charge on any atom is -0.478 e. The number of carbonyl (C=O) groups is 2. The van der Waals surface area contributed by atoms with Crippen molar-refractivity contribution in [2.75, 3.05) is 7.11 Å². The number of carbonyl (C=O) groups excluding carboxylic acids is 1. The van der Waals surface area contributed by atoms with E-state index >= 15 is 0 Å². The van der Waals surface area contributed by atoms with Gasteiger partial charge in [0.25, 0.3) is 0 Å². The third-order valence-corrected chi connectivity index (χ3v) is 0.873. The molecule has 0 aliphatic carbocycles. The fraction of sp³-hybridized carbons (Fsp3) is 0.333. The van der Waals surface area contributed by atoms with Crippen molar-refractivity contribution >= 4 is 11.9 Å². The van der Waals surface area contributed by atoms with Crippen LogP contribution >= 0.6 is 0 Å². The Morgan fingerprint density at radius 1 is 1.50 bits per heavy atom. The largest absolute Gasteiger partial charge is 0.478 e. The van der Waals surface area contributed by atoms with Gasteiger partial charge in [0.2, 0.25) is 0 Å². The summed E-state index contributed by atoms with van der Waals surface area (Å²) in [6.07, 6.45) is 0.919. The summed E-state index contributed by atoms with van der Waals surface area (Å²) in [7, 11) is 1.19. The van der Waals surface area contributed by atoms with E-state index in [9.17, 15) is 9.59 Å². The fourth-order valence-corrected chi connectivity index (χ4v) is 0.297. The van der Waals surface area contributed by atoms with Crippen LogP contribution in [0.3, 0.4) is 0 Å². The van der Waals surface area contributed by atoms with Gasteiger partial charge in [-0.3, -0.25) is 0 Å². The van der Waals surface area contributed by atoms with E-state index < -0.39 is 11.9 Å². The van der Waals surface area contributed by atoms with Gasteiger partial charge in [-0.25, -0.2) is 9.59 Å². The topological polar surface area (TPSA) is 63.6 Å². The van der Waals surface area contributed by atoms with E-state index in [1.807, 2.05) is 0 Å². The maximum absolute atomic E-state index is 10.4. The van der Waals surface area contributed by atoms with E-state index in [0.29, 0.717) is 0 Å². The Bertz CT molecular complexity index is 180. The predicted octanol–water partition coefficient (Wildman–Crippen LogP) is 0.190. The van der Waals surface area contributed by atoms with Crippen LogP contribution in [0.15, 0.2) is 11.6 Å². The molecule has 1 N–H and O–H groups in total. The zero-order valence-electron chi connectivity index (χ0n) is 5.75. The van der Waals surface area contributed by atoms with Crippen molar-refractivity contribution in [2.24, 2.45) is 0 Å². The molecule has 4 heteroatoms. The van der Waals surface area contributed by atoms with Crippen molar-refractivity contribution in [2.45, 2.75) is 6.92 Å². The summed E-state index contributed by atoms with van der Waals surface area (Å²) < 4.78 is 4.19. The molecule has 10 heavy (non-hydrogen) atoms. The Hall–Kier alpha value is -1.32. The van der Waals surface area contributed by atoms with Gasteiger partial charge in [0.15, 0.2) is 0 Å². The van der Waals surface area contributed by atoms with Gasteiger partial charge in [-0.2, -0.15) is 0 Å². The number of ether oxygens (including phenoxy) is 1. The molecular formula is C6H8O4. The van der Waals surface area contributed by atoms with Gasteiger partial charge in [0, 0.05) is 11.6 Å². The molecule has 4 nitrogen and oxygen atoms in total. The molecule has 0 aromatic carbocycles. The molecule has 0 saturated heterocycles. The average molecular weight is 144 g/mol. The third-order valence-electron chi connectivity index (χ3n) is 0.873. The molecule has 0 fully saturated rings. The second kappa shape index (κ2) is 3.66. The first kappa shape index (κ1) is 8.68. The molecular weight excluding hydrogens is 136 g/mol. The standard InChI is InChI=1S/C6H8O4/c1-4(6(8)9)3-5(7)10-2/h3H,1-2H3,(H,8,9)/b4-3+. The summed E-state index contributed by atoms with van der Waals surface area (Å²) in [6.45, 7) is 1.32. The maximum atomic E-state index is 10.4. The van der Waals surface area contributed by atoms with Crippen molar-refractivity contribution in [3.05, 3.63) is 11.6 Å². The molecule has 56 valence electrons. The van der Waals surface area contributed by atoms with Crippen LogP contribution in [0.4, 0.5) is 0 Å². The molecule has 0 bridgehead atoms. The number of aliphatic carboxylic acids is 1. The monoisotopic (exact) mass is 144 g/mol. The van der Waals surface area contributed by atoms with Crippen LogP contribution in [-0.2, 0) is 14.3 Å². The Kier molecular flexibility index (Phi) is 3.17. The van der Waals surface area contributed by atoms with Gasteiger partial charge < -0.3 is 9.84 Å². The number of carboxylic acids is 1. The van der Waals surface area contributed by atoms with Crippen LogP contribution in [-0.4, -0.2) is 24.2 Å². The highest BCUT2D eigenvalue weighted by Gasteiger charge is 2.02. The van der Waals surface area contributed by atoms with Crippen molar-refractivity contribution in [3.8, 4) is 0 Å². The Balaban J connectivity index is 4.16. The molecule has 0 saturated carbocycles. The molecule has 0 rings (SSSR count). The van der Waals surface area contributed by atoms with Gasteiger partial charge in [-0.05, 0) is 6.92 Å². The number of esters is 1.